The highest BCUT2D eigenvalue weighted by Gasteiger charge is 2.23. The second kappa shape index (κ2) is 9.97. The molecule has 0 spiro atoms. The summed E-state index contributed by atoms with van der Waals surface area (Å²) in [6.07, 6.45) is 3.69. The van der Waals surface area contributed by atoms with Gasteiger partial charge in [-0.1, -0.05) is 36.8 Å². The first-order chi connectivity index (χ1) is 13.3. The van der Waals surface area contributed by atoms with E-state index in [-0.39, 0.29) is 18.6 Å². The van der Waals surface area contributed by atoms with Crippen LogP contribution < -0.4 is 14.8 Å². The van der Waals surface area contributed by atoms with Gasteiger partial charge in [0.15, 0.2) is 6.61 Å². The molecule has 0 radical (unpaired) electrons. The lowest BCUT2D eigenvalue weighted by Crippen LogP contribution is -2.41. The standard InChI is InChI=1S/C22H28N2O3/c1-26-19-12-10-18(11-13-19)21(24-14-6-3-7-15-24)16-23-22(25)17-27-20-8-4-2-5-9-20/h2,4-5,8-13,21H,3,6-7,14-17H2,1H3,(H,23,25)/t21-/m1/s1. The maximum Gasteiger partial charge on any atom is 0.258 e. The SMILES string of the molecule is COc1ccc([C@@H](CNC(=O)COc2ccccc2)N2CCCCC2)cc1. The summed E-state index contributed by atoms with van der Waals surface area (Å²) in [6, 6.07) is 17.7. The number of likely N-dealkylation sites (tertiary alicyclic amines) is 1. The minimum atomic E-state index is -0.102. The van der Waals surface area contributed by atoms with Crippen molar-refractivity contribution in [3.05, 3.63) is 60.2 Å². The number of piperidine rings is 1. The van der Waals surface area contributed by atoms with E-state index in [1.54, 1.807) is 7.11 Å². The van der Waals surface area contributed by atoms with Crippen LogP contribution in [0.5, 0.6) is 11.5 Å². The molecule has 3 rings (SSSR count). The highest BCUT2D eigenvalue weighted by atomic mass is 16.5. The fourth-order valence-electron chi connectivity index (χ4n) is 3.44. The number of rotatable bonds is 8. The lowest BCUT2D eigenvalue weighted by atomic mass is 10.0. The van der Waals surface area contributed by atoms with Crippen LogP contribution in [0.3, 0.4) is 0 Å². The van der Waals surface area contributed by atoms with Gasteiger partial charge in [0.25, 0.3) is 5.91 Å². The van der Waals surface area contributed by atoms with Gasteiger partial charge in [-0.05, 0) is 55.8 Å². The smallest absolute Gasteiger partial charge is 0.258 e. The van der Waals surface area contributed by atoms with Crippen molar-refractivity contribution in [1.29, 1.82) is 0 Å². The molecule has 1 heterocycles. The Hall–Kier alpha value is -2.53. The van der Waals surface area contributed by atoms with Crippen molar-refractivity contribution < 1.29 is 14.3 Å². The zero-order chi connectivity index (χ0) is 18.9. The number of carbonyl (C=O) groups is 1. The van der Waals surface area contributed by atoms with Crippen LogP contribution in [0.4, 0.5) is 0 Å². The van der Waals surface area contributed by atoms with Crippen molar-refractivity contribution in [2.45, 2.75) is 25.3 Å². The minimum absolute atomic E-state index is 0.0271. The predicted molar refractivity (Wildman–Crippen MR) is 106 cm³/mol. The molecule has 0 saturated carbocycles. The number of hydrogen-bond acceptors (Lipinski definition) is 4. The fourth-order valence-corrected chi connectivity index (χ4v) is 3.44. The van der Waals surface area contributed by atoms with Crippen LogP contribution in [-0.2, 0) is 4.79 Å². The van der Waals surface area contributed by atoms with Gasteiger partial charge in [0.05, 0.1) is 13.2 Å². The lowest BCUT2D eigenvalue weighted by Gasteiger charge is -2.35. The molecule has 1 amide bonds. The van der Waals surface area contributed by atoms with Crippen molar-refractivity contribution in [2.24, 2.45) is 0 Å². The molecular formula is C22H28N2O3. The van der Waals surface area contributed by atoms with E-state index in [4.69, 9.17) is 9.47 Å². The predicted octanol–water partition coefficient (Wildman–Crippen LogP) is 3.42. The van der Waals surface area contributed by atoms with Gasteiger partial charge in [-0.3, -0.25) is 9.69 Å². The van der Waals surface area contributed by atoms with E-state index in [9.17, 15) is 4.79 Å². The van der Waals surface area contributed by atoms with Crippen LogP contribution in [-0.4, -0.2) is 44.2 Å². The summed E-state index contributed by atoms with van der Waals surface area (Å²) in [7, 11) is 1.67. The van der Waals surface area contributed by atoms with Gasteiger partial charge in [-0.25, -0.2) is 0 Å². The Morgan fingerprint density at radius 2 is 1.70 bits per heavy atom. The van der Waals surface area contributed by atoms with Gasteiger partial charge < -0.3 is 14.8 Å². The number of hydrogen-bond donors (Lipinski definition) is 1. The van der Waals surface area contributed by atoms with Crippen molar-refractivity contribution in [3.63, 3.8) is 0 Å². The summed E-state index contributed by atoms with van der Waals surface area (Å²) in [6.45, 7) is 2.73. The van der Waals surface area contributed by atoms with E-state index < -0.39 is 0 Å². The van der Waals surface area contributed by atoms with E-state index in [2.05, 4.69) is 22.3 Å². The Labute approximate surface area is 161 Å². The Kier molecular flexibility index (Phi) is 7.11. The second-order valence-electron chi connectivity index (χ2n) is 6.79. The number of amides is 1. The molecule has 144 valence electrons. The van der Waals surface area contributed by atoms with Crippen LogP contribution in [0, 0.1) is 0 Å². The average Bonchev–Trinajstić information content (AvgIpc) is 2.74. The third kappa shape index (κ3) is 5.73. The first kappa shape index (κ1) is 19.2. The number of ether oxygens (including phenoxy) is 2. The fraction of sp³-hybridized carbons (Fsp3) is 0.409. The second-order valence-corrected chi connectivity index (χ2v) is 6.79. The zero-order valence-electron chi connectivity index (χ0n) is 15.9. The summed E-state index contributed by atoms with van der Waals surface area (Å²) in [5, 5.41) is 3.04. The molecule has 1 N–H and O–H groups in total. The molecule has 2 aromatic carbocycles. The van der Waals surface area contributed by atoms with Gasteiger partial charge in [-0.2, -0.15) is 0 Å². The molecule has 1 aliphatic heterocycles. The first-order valence-corrected chi connectivity index (χ1v) is 9.59. The molecule has 0 aliphatic carbocycles. The van der Waals surface area contributed by atoms with Crippen molar-refractivity contribution in [3.8, 4) is 11.5 Å². The van der Waals surface area contributed by atoms with Gasteiger partial charge in [0, 0.05) is 6.54 Å². The number of nitrogens with one attached hydrogen (secondary N) is 1. The average molecular weight is 368 g/mol. The molecule has 5 nitrogen and oxygen atoms in total. The Morgan fingerprint density at radius 3 is 2.37 bits per heavy atom. The molecule has 1 atom stereocenters. The normalized spacial score (nSPS) is 15.7. The number of nitrogens with zero attached hydrogens (tertiary/aromatic N) is 1. The highest BCUT2D eigenvalue weighted by molar-refractivity contribution is 5.77. The van der Waals surface area contributed by atoms with Crippen LogP contribution >= 0.6 is 0 Å². The lowest BCUT2D eigenvalue weighted by molar-refractivity contribution is -0.123. The number of methoxy groups -OCH3 is 1. The summed E-state index contributed by atoms with van der Waals surface area (Å²) in [5.74, 6) is 1.45. The molecule has 1 aliphatic rings. The molecule has 0 unspecified atom stereocenters. The largest absolute Gasteiger partial charge is 0.497 e. The van der Waals surface area contributed by atoms with Crippen molar-refractivity contribution in [1.82, 2.24) is 10.2 Å². The zero-order valence-corrected chi connectivity index (χ0v) is 15.9. The molecule has 5 heteroatoms. The molecule has 2 aromatic rings. The summed E-state index contributed by atoms with van der Waals surface area (Å²) in [4.78, 5) is 14.7. The third-order valence-corrected chi connectivity index (χ3v) is 4.94. The Morgan fingerprint density at radius 1 is 1.00 bits per heavy atom. The molecule has 27 heavy (non-hydrogen) atoms. The summed E-state index contributed by atoms with van der Waals surface area (Å²) < 4.78 is 10.8. The van der Waals surface area contributed by atoms with E-state index in [0.29, 0.717) is 12.3 Å². The monoisotopic (exact) mass is 368 g/mol. The van der Waals surface area contributed by atoms with E-state index in [1.807, 2.05) is 42.5 Å². The quantitative estimate of drug-likeness (QED) is 0.776. The Balaban J connectivity index is 1.59. The summed E-state index contributed by atoms with van der Waals surface area (Å²) in [5.41, 5.74) is 1.20. The minimum Gasteiger partial charge on any atom is -0.497 e. The highest BCUT2D eigenvalue weighted by Crippen LogP contribution is 2.25. The molecular weight excluding hydrogens is 340 g/mol. The molecule has 1 saturated heterocycles. The van der Waals surface area contributed by atoms with Crippen LogP contribution in [0.2, 0.25) is 0 Å². The summed E-state index contributed by atoms with van der Waals surface area (Å²) >= 11 is 0. The number of carbonyl (C=O) groups excluding carboxylic acids is 1. The van der Waals surface area contributed by atoms with Gasteiger partial charge in [0.1, 0.15) is 11.5 Å². The van der Waals surface area contributed by atoms with Gasteiger partial charge in [0.2, 0.25) is 0 Å². The molecule has 1 fully saturated rings. The van der Waals surface area contributed by atoms with E-state index in [0.717, 1.165) is 18.8 Å². The van der Waals surface area contributed by atoms with Gasteiger partial charge >= 0.3 is 0 Å². The topological polar surface area (TPSA) is 50.8 Å². The van der Waals surface area contributed by atoms with Gasteiger partial charge in [-0.15, -0.1) is 0 Å². The molecule has 0 bridgehead atoms. The van der Waals surface area contributed by atoms with Crippen LogP contribution in [0.15, 0.2) is 54.6 Å². The van der Waals surface area contributed by atoms with Crippen molar-refractivity contribution in [2.75, 3.05) is 33.4 Å². The van der Waals surface area contributed by atoms with E-state index in [1.165, 1.54) is 24.8 Å². The third-order valence-electron chi connectivity index (χ3n) is 4.94. The molecule has 0 aromatic heterocycles. The number of benzene rings is 2. The maximum absolute atomic E-state index is 12.3. The van der Waals surface area contributed by atoms with Crippen molar-refractivity contribution >= 4 is 5.91 Å². The van der Waals surface area contributed by atoms with E-state index >= 15 is 0 Å². The number of para-hydroxylation sites is 1. The van der Waals surface area contributed by atoms with Crippen LogP contribution in [0.1, 0.15) is 30.9 Å². The Bertz CT molecular complexity index is 697. The van der Waals surface area contributed by atoms with Crippen LogP contribution in [0.25, 0.3) is 0 Å². The maximum atomic E-state index is 12.3. The first-order valence-electron chi connectivity index (χ1n) is 9.59.